The van der Waals surface area contributed by atoms with Gasteiger partial charge in [0, 0.05) is 37.4 Å². The Balaban J connectivity index is 1.42. The zero-order chi connectivity index (χ0) is 33.3. The standard InChI is InChI=1S/C33H43N5O7S/c1-22(2)20-38(46(42,43)28-15-9-24(34)10-16-28)21-31(39)29(17-23-7-5-4-6-8-23)37-33(41)45-27-18-30(35-19-27)32(40)36-25-11-13-26(44-3)14-12-25/h4-16,22,27,29-31,35,39H,17-21,34H2,1-3H3,(H,36,40)(H,37,41)/t27-,29+,30+,31-/m1/s1. The molecule has 1 heterocycles. The van der Waals surface area contributed by atoms with Crippen LogP contribution in [-0.4, -0.2) is 80.9 Å². The number of nitrogen functional groups attached to an aromatic ring is 1. The van der Waals surface area contributed by atoms with Crippen LogP contribution in [0, 0.1) is 5.92 Å². The molecule has 1 saturated heterocycles. The molecule has 2 amide bonds. The van der Waals surface area contributed by atoms with Crippen LogP contribution in [0.5, 0.6) is 5.75 Å². The lowest BCUT2D eigenvalue weighted by atomic mass is 10.0. The second-order valence-electron chi connectivity index (χ2n) is 11.7. The summed E-state index contributed by atoms with van der Waals surface area (Å²) in [6, 6.07) is 20.6. The Morgan fingerprint density at radius 3 is 2.33 bits per heavy atom. The van der Waals surface area contributed by atoms with Crippen LogP contribution in [-0.2, 0) is 26.0 Å². The summed E-state index contributed by atoms with van der Waals surface area (Å²) in [5.41, 5.74) is 7.64. The molecule has 1 aliphatic rings. The second-order valence-corrected chi connectivity index (χ2v) is 13.7. The van der Waals surface area contributed by atoms with Crippen molar-refractivity contribution in [1.82, 2.24) is 14.9 Å². The minimum atomic E-state index is -3.98. The van der Waals surface area contributed by atoms with E-state index >= 15 is 0 Å². The van der Waals surface area contributed by atoms with Gasteiger partial charge in [-0.1, -0.05) is 44.2 Å². The van der Waals surface area contributed by atoms with Crippen LogP contribution in [0.15, 0.2) is 83.8 Å². The van der Waals surface area contributed by atoms with Gasteiger partial charge in [0.15, 0.2) is 0 Å². The third-order valence-corrected chi connectivity index (χ3v) is 9.43. The van der Waals surface area contributed by atoms with Gasteiger partial charge in [-0.25, -0.2) is 13.2 Å². The molecule has 0 bridgehead atoms. The summed E-state index contributed by atoms with van der Waals surface area (Å²) in [7, 11) is -2.42. The summed E-state index contributed by atoms with van der Waals surface area (Å²) in [6.45, 7) is 3.92. The number of methoxy groups -OCH3 is 1. The molecule has 12 nitrogen and oxygen atoms in total. The number of nitrogens with two attached hydrogens (primary N) is 1. The van der Waals surface area contributed by atoms with E-state index in [1.54, 1.807) is 31.4 Å². The lowest BCUT2D eigenvalue weighted by Crippen LogP contribution is -2.51. The van der Waals surface area contributed by atoms with Crippen molar-refractivity contribution in [2.45, 2.75) is 55.9 Å². The van der Waals surface area contributed by atoms with E-state index < -0.39 is 40.4 Å². The largest absolute Gasteiger partial charge is 0.497 e. The molecule has 1 aliphatic heterocycles. The molecule has 0 unspecified atom stereocenters. The van der Waals surface area contributed by atoms with Crippen molar-refractivity contribution in [2.75, 3.05) is 37.8 Å². The predicted molar refractivity (Wildman–Crippen MR) is 176 cm³/mol. The first-order chi connectivity index (χ1) is 21.9. The van der Waals surface area contributed by atoms with Gasteiger partial charge in [0.25, 0.3) is 0 Å². The number of ether oxygens (including phenoxy) is 2. The summed E-state index contributed by atoms with van der Waals surface area (Å²) in [4.78, 5) is 26.0. The molecule has 248 valence electrons. The highest BCUT2D eigenvalue weighted by Crippen LogP contribution is 2.21. The van der Waals surface area contributed by atoms with Crippen LogP contribution < -0.4 is 26.4 Å². The van der Waals surface area contributed by atoms with E-state index in [1.807, 2.05) is 44.2 Å². The maximum Gasteiger partial charge on any atom is 0.407 e. The molecule has 0 aliphatic carbocycles. The number of sulfonamides is 1. The fourth-order valence-electron chi connectivity index (χ4n) is 5.19. The number of aliphatic hydroxyl groups excluding tert-OH is 1. The second kappa shape index (κ2) is 15.9. The van der Waals surface area contributed by atoms with Gasteiger partial charge in [0.1, 0.15) is 11.9 Å². The predicted octanol–water partition coefficient (Wildman–Crippen LogP) is 2.99. The van der Waals surface area contributed by atoms with Gasteiger partial charge < -0.3 is 36.3 Å². The van der Waals surface area contributed by atoms with Crippen molar-refractivity contribution in [2.24, 2.45) is 5.92 Å². The van der Waals surface area contributed by atoms with Crippen molar-refractivity contribution in [3.8, 4) is 5.75 Å². The smallest absolute Gasteiger partial charge is 0.407 e. The molecule has 3 aromatic carbocycles. The molecule has 6 N–H and O–H groups in total. The molecule has 4 atom stereocenters. The van der Waals surface area contributed by atoms with Gasteiger partial charge >= 0.3 is 6.09 Å². The van der Waals surface area contributed by atoms with Crippen LogP contribution in [0.2, 0.25) is 0 Å². The number of nitrogens with one attached hydrogen (secondary N) is 3. The summed E-state index contributed by atoms with van der Waals surface area (Å²) < 4.78 is 39.2. The van der Waals surface area contributed by atoms with Gasteiger partial charge in [-0.05, 0) is 66.4 Å². The molecule has 0 spiro atoms. The Morgan fingerprint density at radius 1 is 1.02 bits per heavy atom. The molecular weight excluding hydrogens is 610 g/mol. The first kappa shape index (κ1) is 34.7. The van der Waals surface area contributed by atoms with Crippen molar-refractivity contribution >= 4 is 33.4 Å². The zero-order valence-electron chi connectivity index (χ0n) is 26.3. The summed E-state index contributed by atoms with van der Waals surface area (Å²) in [5, 5.41) is 20.1. The number of benzene rings is 3. The lowest BCUT2D eigenvalue weighted by Gasteiger charge is -2.30. The average molecular weight is 654 g/mol. The lowest BCUT2D eigenvalue weighted by molar-refractivity contribution is -0.118. The Morgan fingerprint density at radius 2 is 1.70 bits per heavy atom. The van der Waals surface area contributed by atoms with Crippen LogP contribution in [0.1, 0.15) is 25.8 Å². The highest BCUT2D eigenvalue weighted by Gasteiger charge is 2.34. The molecular formula is C33H43N5O7S. The number of hydrogen-bond donors (Lipinski definition) is 5. The Labute approximate surface area is 270 Å². The minimum Gasteiger partial charge on any atom is -0.497 e. The quantitative estimate of drug-likeness (QED) is 0.164. The third kappa shape index (κ3) is 9.66. The third-order valence-electron chi connectivity index (χ3n) is 7.58. The first-order valence-corrected chi connectivity index (χ1v) is 16.6. The maximum absolute atomic E-state index is 13.6. The number of anilines is 2. The summed E-state index contributed by atoms with van der Waals surface area (Å²) in [6.07, 6.45) is -2.17. The molecule has 0 saturated carbocycles. The SMILES string of the molecule is COc1ccc(NC(=O)[C@@H]2C[C@@H](OC(=O)N[C@@H](Cc3ccccc3)[C@H](O)CN(CC(C)C)S(=O)(=O)c3ccc(N)cc3)CN2)cc1. The molecule has 13 heteroatoms. The molecule has 1 fully saturated rings. The number of hydrogen-bond acceptors (Lipinski definition) is 9. The van der Waals surface area contributed by atoms with Crippen molar-refractivity contribution in [3.63, 3.8) is 0 Å². The first-order valence-electron chi connectivity index (χ1n) is 15.2. The maximum atomic E-state index is 13.6. The number of aliphatic hydroxyl groups is 1. The van der Waals surface area contributed by atoms with E-state index in [2.05, 4.69) is 16.0 Å². The van der Waals surface area contributed by atoms with Crippen molar-refractivity contribution in [3.05, 3.63) is 84.4 Å². The summed E-state index contributed by atoms with van der Waals surface area (Å²) in [5.74, 6) is 0.371. The number of alkyl carbamates (subject to hydrolysis) is 1. The summed E-state index contributed by atoms with van der Waals surface area (Å²) >= 11 is 0. The van der Waals surface area contributed by atoms with Crippen LogP contribution in [0.4, 0.5) is 16.2 Å². The van der Waals surface area contributed by atoms with E-state index in [4.69, 9.17) is 15.2 Å². The van der Waals surface area contributed by atoms with E-state index in [-0.39, 0.29) is 49.2 Å². The number of amides is 2. The highest BCUT2D eigenvalue weighted by atomic mass is 32.2. The Hall–Kier alpha value is -4.17. The van der Waals surface area contributed by atoms with Crippen molar-refractivity contribution in [1.29, 1.82) is 0 Å². The van der Waals surface area contributed by atoms with Gasteiger partial charge in [0.2, 0.25) is 15.9 Å². The topological polar surface area (TPSA) is 172 Å². The van der Waals surface area contributed by atoms with E-state index in [0.717, 1.165) is 5.56 Å². The zero-order valence-corrected chi connectivity index (χ0v) is 27.1. The van der Waals surface area contributed by atoms with E-state index in [1.165, 1.54) is 28.6 Å². The van der Waals surface area contributed by atoms with Gasteiger partial charge in [-0.15, -0.1) is 0 Å². The van der Waals surface area contributed by atoms with Crippen LogP contribution in [0.3, 0.4) is 0 Å². The number of carbonyl (C=O) groups excluding carboxylic acids is 2. The molecule has 46 heavy (non-hydrogen) atoms. The van der Waals surface area contributed by atoms with Crippen molar-refractivity contribution < 1.29 is 32.6 Å². The monoisotopic (exact) mass is 653 g/mol. The Kier molecular flexibility index (Phi) is 12.0. The molecule has 3 aromatic rings. The molecule has 0 aromatic heterocycles. The highest BCUT2D eigenvalue weighted by molar-refractivity contribution is 7.89. The average Bonchev–Trinajstić information content (AvgIpc) is 3.49. The number of nitrogens with zero attached hydrogens (tertiary/aromatic N) is 1. The Bertz CT molecular complexity index is 1540. The van der Waals surface area contributed by atoms with E-state index in [0.29, 0.717) is 17.1 Å². The number of carbonyl (C=O) groups is 2. The van der Waals surface area contributed by atoms with Gasteiger partial charge in [0.05, 0.1) is 30.2 Å². The van der Waals surface area contributed by atoms with E-state index in [9.17, 15) is 23.1 Å². The van der Waals surface area contributed by atoms with Gasteiger partial charge in [-0.3, -0.25) is 4.79 Å². The van der Waals surface area contributed by atoms with Crippen LogP contribution in [0.25, 0.3) is 0 Å². The fraction of sp³-hybridized carbons (Fsp3) is 0.394. The van der Waals surface area contributed by atoms with Crippen LogP contribution >= 0.6 is 0 Å². The molecule has 4 rings (SSSR count). The fourth-order valence-corrected chi connectivity index (χ4v) is 6.81. The van der Waals surface area contributed by atoms with Gasteiger partial charge in [-0.2, -0.15) is 4.31 Å². The molecule has 0 radical (unpaired) electrons. The minimum absolute atomic E-state index is 0.0361. The number of rotatable bonds is 14. The normalized spacial score (nSPS) is 17.8.